The number of hydrogen-bond donors (Lipinski definition) is 0. The zero-order valence-corrected chi connectivity index (χ0v) is 14.2. The molecule has 0 bridgehead atoms. The average molecular weight is 339 g/mol. The number of nitrogens with zero attached hydrogens (tertiary/aromatic N) is 5. The molecule has 7 nitrogen and oxygen atoms in total. The van der Waals surface area contributed by atoms with E-state index in [4.69, 9.17) is 0 Å². The third-order valence-electron chi connectivity index (χ3n) is 4.87. The fourth-order valence-electron chi connectivity index (χ4n) is 3.61. The summed E-state index contributed by atoms with van der Waals surface area (Å²) in [5.41, 5.74) is 2.07. The van der Waals surface area contributed by atoms with E-state index in [0.717, 1.165) is 24.2 Å². The van der Waals surface area contributed by atoms with E-state index in [1.165, 1.54) is 4.90 Å². The van der Waals surface area contributed by atoms with Crippen molar-refractivity contribution in [3.05, 3.63) is 48.3 Å². The van der Waals surface area contributed by atoms with Crippen LogP contribution in [-0.4, -0.2) is 57.2 Å². The zero-order chi connectivity index (χ0) is 17.4. The summed E-state index contributed by atoms with van der Waals surface area (Å²) in [6.07, 6.45) is 4.57. The molecular formula is C18H21N5O2. The van der Waals surface area contributed by atoms with Crippen molar-refractivity contribution in [3.63, 3.8) is 0 Å². The van der Waals surface area contributed by atoms with Crippen molar-refractivity contribution in [2.24, 2.45) is 7.05 Å². The number of amides is 3. The first-order valence-corrected chi connectivity index (χ1v) is 8.50. The van der Waals surface area contributed by atoms with Crippen molar-refractivity contribution in [3.8, 4) is 0 Å². The van der Waals surface area contributed by atoms with Gasteiger partial charge in [-0.1, -0.05) is 30.3 Å². The number of rotatable bonds is 4. The van der Waals surface area contributed by atoms with Gasteiger partial charge in [0.1, 0.15) is 6.54 Å². The van der Waals surface area contributed by atoms with Crippen molar-refractivity contribution in [2.45, 2.75) is 19.0 Å². The second-order valence-electron chi connectivity index (χ2n) is 6.65. The highest BCUT2D eigenvalue weighted by atomic mass is 16.2. The number of aryl methyl sites for hydroxylation is 1. The highest BCUT2D eigenvalue weighted by molar-refractivity contribution is 6.02. The smallest absolute Gasteiger partial charge is 0.327 e. The molecule has 2 fully saturated rings. The highest BCUT2D eigenvalue weighted by Gasteiger charge is 2.42. The summed E-state index contributed by atoms with van der Waals surface area (Å²) in [6, 6.07) is 9.53. The molecule has 2 aliphatic heterocycles. The van der Waals surface area contributed by atoms with Gasteiger partial charge in [-0.05, 0) is 12.0 Å². The number of urea groups is 1. The maximum Gasteiger partial charge on any atom is 0.327 e. The monoisotopic (exact) mass is 339 g/mol. The number of benzene rings is 1. The molecule has 1 unspecified atom stereocenters. The molecule has 4 rings (SSSR count). The van der Waals surface area contributed by atoms with Crippen LogP contribution in [0.2, 0.25) is 0 Å². The first-order valence-electron chi connectivity index (χ1n) is 8.50. The minimum absolute atomic E-state index is 0.0685. The Kier molecular flexibility index (Phi) is 3.91. The minimum atomic E-state index is -0.174. The van der Waals surface area contributed by atoms with Gasteiger partial charge in [-0.3, -0.25) is 14.4 Å². The summed E-state index contributed by atoms with van der Waals surface area (Å²) in [7, 11) is 1.88. The largest absolute Gasteiger partial charge is 0.367 e. The van der Waals surface area contributed by atoms with E-state index in [1.807, 2.05) is 49.8 Å². The number of carbonyl (C=O) groups excluding carboxylic acids is 2. The molecule has 1 aromatic carbocycles. The lowest BCUT2D eigenvalue weighted by Crippen LogP contribution is -2.42. The van der Waals surface area contributed by atoms with Crippen LogP contribution in [0, 0.1) is 0 Å². The molecule has 1 atom stereocenters. The Hall–Kier alpha value is -2.83. The quantitative estimate of drug-likeness (QED) is 0.792. The Labute approximate surface area is 146 Å². The van der Waals surface area contributed by atoms with Crippen molar-refractivity contribution in [1.82, 2.24) is 19.6 Å². The molecule has 3 heterocycles. The van der Waals surface area contributed by atoms with Crippen molar-refractivity contribution < 1.29 is 9.59 Å². The van der Waals surface area contributed by atoms with E-state index in [1.54, 1.807) is 9.58 Å². The number of anilines is 1. The summed E-state index contributed by atoms with van der Waals surface area (Å²) in [5.74, 6) is -0.0982. The molecule has 2 aliphatic rings. The van der Waals surface area contributed by atoms with E-state index in [2.05, 4.69) is 10.00 Å². The van der Waals surface area contributed by atoms with Crippen LogP contribution in [0.15, 0.2) is 42.7 Å². The molecule has 7 heteroatoms. The molecule has 1 aromatic heterocycles. The van der Waals surface area contributed by atoms with Gasteiger partial charge < -0.3 is 9.80 Å². The Morgan fingerprint density at radius 1 is 1.20 bits per heavy atom. The zero-order valence-electron chi connectivity index (χ0n) is 14.2. The fourth-order valence-corrected chi connectivity index (χ4v) is 3.61. The topological polar surface area (TPSA) is 61.7 Å². The predicted molar refractivity (Wildman–Crippen MR) is 92.9 cm³/mol. The maximum absolute atomic E-state index is 12.8. The Morgan fingerprint density at radius 3 is 2.72 bits per heavy atom. The second-order valence-corrected chi connectivity index (χ2v) is 6.65. The van der Waals surface area contributed by atoms with Gasteiger partial charge in [-0.25, -0.2) is 4.79 Å². The van der Waals surface area contributed by atoms with Crippen LogP contribution in [0.4, 0.5) is 10.5 Å². The SMILES string of the molecule is Cn1cc(N2CCC(N3C(=O)CN(Cc4ccccc4)C3=O)C2)cn1. The van der Waals surface area contributed by atoms with Crippen molar-refractivity contribution >= 4 is 17.6 Å². The van der Waals surface area contributed by atoms with Gasteiger partial charge in [0.2, 0.25) is 0 Å². The molecule has 0 aliphatic carbocycles. The highest BCUT2D eigenvalue weighted by Crippen LogP contribution is 2.26. The van der Waals surface area contributed by atoms with Gasteiger partial charge in [-0.15, -0.1) is 0 Å². The normalized spacial score (nSPS) is 20.8. The van der Waals surface area contributed by atoms with Gasteiger partial charge >= 0.3 is 6.03 Å². The lowest BCUT2D eigenvalue weighted by atomic mass is 10.2. The lowest BCUT2D eigenvalue weighted by Gasteiger charge is -2.23. The predicted octanol–water partition coefficient (Wildman–Crippen LogP) is 1.46. The first-order chi connectivity index (χ1) is 12.1. The Morgan fingerprint density at radius 2 is 2.00 bits per heavy atom. The van der Waals surface area contributed by atoms with Crippen LogP contribution < -0.4 is 4.90 Å². The molecule has 0 radical (unpaired) electrons. The van der Waals surface area contributed by atoms with Crippen LogP contribution in [0.25, 0.3) is 0 Å². The Balaban J connectivity index is 1.44. The number of hydrogen-bond acceptors (Lipinski definition) is 4. The molecule has 2 saturated heterocycles. The first kappa shape index (κ1) is 15.7. The molecule has 2 aromatic rings. The summed E-state index contributed by atoms with van der Waals surface area (Å²) >= 11 is 0. The second kappa shape index (κ2) is 6.23. The molecule has 0 N–H and O–H groups in total. The van der Waals surface area contributed by atoms with E-state index < -0.39 is 0 Å². The maximum atomic E-state index is 12.8. The summed E-state index contributed by atoms with van der Waals surface area (Å²) in [4.78, 5) is 30.5. The molecular weight excluding hydrogens is 318 g/mol. The van der Waals surface area contributed by atoms with Crippen molar-refractivity contribution in [1.29, 1.82) is 0 Å². The van der Waals surface area contributed by atoms with E-state index in [-0.39, 0.29) is 24.5 Å². The van der Waals surface area contributed by atoms with Crippen LogP contribution in [-0.2, 0) is 18.4 Å². The van der Waals surface area contributed by atoms with Crippen LogP contribution >= 0.6 is 0 Å². The number of carbonyl (C=O) groups is 2. The van der Waals surface area contributed by atoms with Crippen molar-refractivity contribution in [2.75, 3.05) is 24.5 Å². The molecule has 0 saturated carbocycles. The number of imide groups is 1. The van der Waals surface area contributed by atoms with Gasteiger partial charge in [0.25, 0.3) is 5.91 Å². The summed E-state index contributed by atoms with van der Waals surface area (Å²) in [6.45, 7) is 2.13. The summed E-state index contributed by atoms with van der Waals surface area (Å²) < 4.78 is 1.76. The molecule has 0 spiro atoms. The third kappa shape index (κ3) is 2.97. The van der Waals surface area contributed by atoms with Gasteiger partial charge in [0.05, 0.1) is 17.9 Å². The standard InChI is InChI=1S/C18H21N5O2/c1-20-11-16(9-19-20)21-8-7-15(12-21)23-17(24)13-22(18(23)25)10-14-5-3-2-4-6-14/h2-6,9,11,15H,7-8,10,12-13H2,1H3. The van der Waals surface area contributed by atoms with Gasteiger partial charge in [-0.2, -0.15) is 5.10 Å². The molecule has 3 amide bonds. The van der Waals surface area contributed by atoms with Gasteiger partial charge in [0, 0.05) is 32.9 Å². The van der Waals surface area contributed by atoms with E-state index in [0.29, 0.717) is 13.1 Å². The van der Waals surface area contributed by atoms with E-state index >= 15 is 0 Å². The average Bonchev–Trinajstić information content (AvgIpc) is 3.29. The van der Waals surface area contributed by atoms with E-state index in [9.17, 15) is 9.59 Å². The third-order valence-corrected chi connectivity index (χ3v) is 4.87. The van der Waals surface area contributed by atoms with Crippen LogP contribution in [0.5, 0.6) is 0 Å². The van der Waals surface area contributed by atoms with Crippen LogP contribution in [0.1, 0.15) is 12.0 Å². The number of aromatic nitrogens is 2. The molecule has 130 valence electrons. The lowest BCUT2D eigenvalue weighted by molar-refractivity contribution is -0.126. The minimum Gasteiger partial charge on any atom is -0.367 e. The van der Waals surface area contributed by atoms with Gasteiger partial charge in [0.15, 0.2) is 0 Å². The Bertz CT molecular complexity index is 788. The fraction of sp³-hybridized carbons (Fsp3) is 0.389. The van der Waals surface area contributed by atoms with Crippen LogP contribution in [0.3, 0.4) is 0 Å². The summed E-state index contributed by atoms with van der Waals surface area (Å²) in [5, 5.41) is 4.19. The molecule has 25 heavy (non-hydrogen) atoms.